The molecule has 3 N–H and O–H groups in total. The Labute approximate surface area is 181 Å². The fourth-order valence-corrected chi connectivity index (χ4v) is 3.36. The van der Waals surface area contributed by atoms with Gasteiger partial charge in [0.1, 0.15) is 0 Å². The molecule has 1 heterocycles. The number of halogens is 1. The van der Waals surface area contributed by atoms with Gasteiger partial charge in [-0.3, -0.25) is 14.8 Å². The van der Waals surface area contributed by atoms with E-state index in [1.165, 1.54) is 5.56 Å². The zero-order chi connectivity index (χ0) is 18.6. The lowest BCUT2D eigenvalue weighted by Gasteiger charge is -2.29. The topological polar surface area (TPSA) is 66.1 Å². The Morgan fingerprint density at radius 3 is 2.52 bits per heavy atom. The number of aliphatic imine (C=N–C) groups is 1. The standard InChI is InChI=1S/C20H35N5O.HI/c1-3-25(4-2)19(18-9-6-5-7-10-18)17-23-20(21)22-11-8-12-24-13-15-26-16-14-24;/h5-7,9-10,19H,3-4,8,11-17H2,1-2H3,(H3,21,22,23);1H. The first-order valence-electron chi connectivity index (χ1n) is 9.87. The second-order valence-electron chi connectivity index (χ2n) is 6.61. The number of nitrogens with one attached hydrogen (secondary N) is 1. The fourth-order valence-electron chi connectivity index (χ4n) is 3.36. The molecule has 0 amide bonds. The van der Waals surface area contributed by atoms with E-state index in [1.807, 2.05) is 0 Å². The van der Waals surface area contributed by atoms with Crippen LogP contribution in [0.2, 0.25) is 0 Å². The lowest BCUT2D eigenvalue weighted by atomic mass is 10.1. The molecule has 0 aliphatic carbocycles. The van der Waals surface area contributed by atoms with Crippen LogP contribution in [0.25, 0.3) is 0 Å². The minimum absolute atomic E-state index is 0. The molecule has 1 saturated heterocycles. The number of ether oxygens (including phenoxy) is 1. The summed E-state index contributed by atoms with van der Waals surface area (Å²) in [5, 5.41) is 3.26. The van der Waals surface area contributed by atoms with Gasteiger partial charge in [-0.15, -0.1) is 24.0 Å². The summed E-state index contributed by atoms with van der Waals surface area (Å²) >= 11 is 0. The van der Waals surface area contributed by atoms with E-state index in [0.717, 1.165) is 58.9 Å². The Bertz CT molecular complexity index is 518. The number of nitrogens with two attached hydrogens (primary N) is 1. The molecule has 154 valence electrons. The largest absolute Gasteiger partial charge is 0.379 e. The normalized spacial score (nSPS) is 16.8. The van der Waals surface area contributed by atoms with E-state index < -0.39 is 0 Å². The summed E-state index contributed by atoms with van der Waals surface area (Å²) in [6, 6.07) is 10.8. The first-order valence-corrected chi connectivity index (χ1v) is 9.87. The van der Waals surface area contributed by atoms with Gasteiger partial charge in [0.15, 0.2) is 5.96 Å². The fraction of sp³-hybridized carbons (Fsp3) is 0.650. The number of hydrogen-bond acceptors (Lipinski definition) is 4. The van der Waals surface area contributed by atoms with Crippen molar-refractivity contribution in [3.8, 4) is 0 Å². The first kappa shape index (κ1) is 24.1. The molecular formula is C20H36IN5O. The number of nitrogens with zero attached hydrogens (tertiary/aromatic N) is 3. The minimum atomic E-state index is 0. The number of likely N-dealkylation sites (N-methyl/N-ethyl adjacent to an activating group) is 1. The second-order valence-corrected chi connectivity index (χ2v) is 6.61. The summed E-state index contributed by atoms with van der Waals surface area (Å²) < 4.78 is 5.37. The van der Waals surface area contributed by atoms with Gasteiger partial charge in [0, 0.05) is 19.6 Å². The van der Waals surface area contributed by atoms with Crippen molar-refractivity contribution >= 4 is 29.9 Å². The Morgan fingerprint density at radius 2 is 1.89 bits per heavy atom. The van der Waals surface area contributed by atoms with Crippen molar-refractivity contribution in [2.24, 2.45) is 10.7 Å². The summed E-state index contributed by atoms with van der Waals surface area (Å²) in [5.41, 5.74) is 7.38. The van der Waals surface area contributed by atoms with E-state index in [9.17, 15) is 0 Å². The third-order valence-electron chi connectivity index (χ3n) is 4.93. The Morgan fingerprint density at radius 1 is 1.22 bits per heavy atom. The Balaban J connectivity index is 0.00000364. The van der Waals surface area contributed by atoms with Crippen LogP contribution in [0.15, 0.2) is 35.3 Å². The molecule has 6 nitrogen and oxygen atoms in total. The smallest absolute Gasteiger partial charge is 0.188 e. The minimum Gasteiger partial charge on any atom is -0.379 e. The van der Waals surface area contributed by atoms with Crippen molar-refractivity contribution in [3.05, 3.63) is 35.9 Å². The molecule has 1 unspecified atom stereocenters. The number of rotatable bonds is 10. The average Bonchev–Trinajstić information content (AvgIpc) is 2.70. The SMILES string of the molecule is CCN(CC)C(CN=C(N)NCCCN1CCOCC1)c1ccccc1.I. The molecule has 1 aromatic rings. The van der Waals surface area contributed by atoms with Gasteiger partial charge in [-0.2, -0.15) is 0 Å². The molecular weight excluding hydrogens is 453 g/mol. The molecule has 0 aromatic heterocycles. The van der Waals surface area contributed by atoms with Crippen molar-refractivity contribution in [2.75, 3.05) is 59.0 Å². The van der Waals surface area contributed by atoms with Crippen LogP contribution < -0.4 is 11.1 Å². The number of hydrogen-bond donors (Lipinski definition) is 2. The van der Waals surface area contributed by atoms with Gasteiger partial charge in [-0.1, -0.05) is 44.2 Å². The summed E-state index contributed by atoms with van der Waals surface area (Å²) in [6.07, 6.45) is 1.06. The molecule has 27 heavy (non-hydrogen) atoms. The van der Waals surface area contributed by atoms with Gasteiger partial charge < -0.3 is 15.8 Å². The second kappa shape index (κ2) is 14.1. The maximum absolute atomic E-state index is 6.09. The van der Waals surface area contributed by atoms with Crippen molar-refractivity contribution in [2.45, 2.75) is 26.3 Å². The Hall–Kier alpha value is -0.900. The van der Waals surface area contributed by atoms with Crippen LogP contribution in [0.4, 0.5) is 0 Å². The molecule has 1 atom stereocenters. The van der Waals surface area contributed by atoms with Crippen LogP contribution in [0.5, 0.6) is 0 Å². The van der Waals surface area contributed by atoms with Crippen LogP contribution in [0, 0.1) is 0 Å². The molecule has 1 fully saturated rings. The van der Waals surface area contributed by atoms with E-state index in [1.54, 1.807) is 0 Å². The molecule has 2 rings (SSSR count). The van der Waals surface area contributed by atoms with E-state index in [-0.39, 0.29) is 30.0 Å². The average molecular weight is 489 g/mol. The zero-order valence-corrected chi connectivity index (χ0v) is 19.1. The van der Waals surface area contributed by atoms with Crippen molar-refractivity contribution < 1.29 is 4.74 Å². The lowest BCUT2D eigenvalue weighted by Crippen LogP contribution is -2.39. The van der Waals surface area contributed by atoms with Crippen LogP contribution in [0.3, 0.4) is 0 Å². The van der Waals surface area contributed by atoms with Gasteiger partial charge >= 0.3 is 0 Å². The predicted molar refractivity (Wildman–Crippen MR) is 124 cm³/mol. The zero-order valence-electron chi connectivity index (χ0n) is 16.8. The Kier molecular flexibility index (Phi) is 12.6. The molecule has 1 aliphatic rings. The molecule has 0 saturated carbocycles. The highest BCUT2D eigenvalue weighted by molar-refractivity contribution is 14.0. The molecule has 1 aromatic carbocycles. The van der Waals surface area contributed by atoms with Gasteiger partial charge in [0.25, 0.3) is 0 Å². The number of morpholine rings is 1. The van der Waals surface area contributed by atoms with E-state index in [0.29, 0.717) is 12.5 Å². The maximum Gasteiger partial charge on any atom is 0.188 e. The first-order chi connectivity index (χ1) is 12.7. The van der Waals surface area contributed by atoms with Gasteiger partial charge in [0.05, 0.1) is 25.8 Å². The van der Waals surface area contributed by atoms with Crippen molar-refractivity contribution in [1.82, 2.24) is 15.1 Å². The van der Waals surface area contributed by atoms with Crippen molar-refractivity contribution in [3.63, 3.8) is 0 Å². The molecule has 1 aliphatic heterocycles. The predicted octanol–water partition coefficient (Wildman–Crippen LogP) is 2.31. The molecule has 0 spiro atoms. The lowest BCUT2D eigenvalue weighted by molar-refractivity contribution is 0.0376. The maximum atomic E-state index is 6.09. The molecule has 0 radical (unpaired) electrons. The third kappa shape index (κ3) is 8.76. The number of guanidine groups is 1. The highest BCUT2D eigenvalue weighted by Crippen LogP contribution is 2.20. The van der Waals surface area contributed by atoms with Gasteiger partial charge in [-0.05, 0) is 31.6 Å². The summed E-state index contributed by atoms with van der Waals surface area (Å²) in [6.45, 7) is 12.8. The van der Waals surface area contributed by atoms with E-state index in [2.05, 4.69) is 64.3 Å². The van der Waals surface area contributed by atoms with Crippen molar-refractivity contribution in [1.29, 1.82) is 0 Å². The van der Waals surface area contributed by atoms with E-state index >= 15 is 0 Å². The highest BCUT2D eigenvalue weighted by atomic mass is 127. The summed E-state index contributed by atoms with van der Waals surface area (Å²) in [5.74, 6) is 0.542. The van der Waals surface area contributed by atoms with Crippen LogP contribution in [0.1, 0.15) is 31.9 Å². The van der Waals surface area contributed by atoms with Crippen LogP contribution in [-0.4, -0.2) is 74.8 Å². The monoisotopic (exact) mass is 489 g/mol. The summed E-state index contributed by atoms with van der Waals surface area (Å²) in [4.78, 5) is 9.47. The van der Waals surface area contributed by atoms with Gasteiger partial charge in [-0.25, -0.2) is 0 Å². The molecule has 7 heteroatoms. The quantitative estimate of drug-likeness (QED) is 0.229. The van der Waals surface area contributed by atoms with Crippen LogP contribution in [-0.2, 0) is 4.74 Å². The van der Waals surface area contributed by atoms with Crippen LogP contribution >= 0.6 is 24.0 Å². The molecule has 0 bridgehead atoms. The highest BCUT2D eigenvalue weighted by Gasteiger charge is 2.17. The third-order valence-corrected chi connectivity index (χ3v) is 4.93. The number of benzene rings is 1. The summed E-state index contributed by atoms with van der Waals surface area (Å²) in [7, 11) is 0. The van der Waals surface area contributed by atoms with E-state index in [4.69, 9.17) is 10.5 Å². The van der Waals surface area contributed by atoms with Gasteiger partial charge in [0.2, 0.25) is 0 Å².